The molecule has 186 valence electrons. The van der Waals surface area contributed by atoms with Gasteiger partial charge in [-0.15, -0.1) is 0 Å². The Morgan fingerprint density at radius 1 is 1.17 bits per heavy atom. The molecule has 2 atom stereocenters. The minimum Gasteiger partial charge on any atom is -0.398 e. The first-order valence-corrected chi connectivity index (χ1v) is 12.0. The summed E-state index contributed by atoms with van der Waals surface area (Å²) in [5.74, 6) is -0.440. The van der Waals surface area contributed by atoms with Crippen LogP contribution >= 0.6 is 11.6 Å². The van der Waals surface area contributed by atoms with Gasteiger partial charge in [0.2, 0.25) is 5.91 Å². The van der Waals surface area contributed by atoms with Crippen molar-refractivity contribution in [2.24, 2.45) is 5.92 Å². The van der Waals surface area contributed by atoms with Gasteiger partial charge in [-0.25, -0.2) is 4.98 Å². The smallest absolute Gasteiger partial charge is 0.254 e. The molecular formula is C26H28ClN7O2. The van der Waals surface area contributed by atoms with Crippen molar-refractivity contribution in [3.8, 4) is 11.3 Å². The van der Waals surface area contributed by atoms with Crippen LogP contribution in [0.25, 0.3) is 17.0 Å². The van der Waals surface area contributed by atoms with Gasteiger partial charge in [-0.3, -0.25) is 19.1 Å². The number of hydrogen-bond acceptors (Lipinski definition) is 7. The molecule has 0 saturated heterocycles. The summed E-state index contributed by atoms with van der Waals surface area (Å²) in [6, 6.07) is 9.93. The van der Waals surface area contributed by atoms with Crippen molar-refractivity contribution in [1.29, 1.82) is 5.41 Å². The number of aromatic nitrogens is 3. The number of carbonyl (C=O) groups excluding carboxylic acids is 1. The lowest BCUT2D eigenvalue weighted by Gasteiger charge is -2.23. The van der Waals surface area contributed by atoms with Crippen molar-refractivity contribution in [3.63, 3.8) is 0 Å². The molecule has 1 aliphatic rings. The monoisotopic (exact) mass is 505 g/mol. The molecule has 1 amide bonds. The Bertz CT molecular complexity index is 1400. The molecule has 1 aliphatic heterocycles. The van der Waals surface area contributed by atoms with Gasteiger partial charge >= 0.3 is 0 Å². The van der Waals surface area contributed by atoms with E-state index < -0.39 is 0 Å². The van der Waals surface area contributed by atoms with Crippen molar-refractivity contribution >= 4 is 35.1 Å². The molecule has 4 rings (SSSR count). The van der Waals surface area contributed by atoms with Gasteiger partial charge in [0.1, 0.15) is 0 Å². The molecule has 2 aromatic heterocycles. The summed E-state index contributed by atoms with van der Waals surface area (Å²) < 4.78 is 1.60. The average Bonchev–Trinajstić information content (AvgIpc) is 2.87. The fourth-order valence-electron chi connectivity index (χ4n) is 4.37. The van der Waals surface area contributed by atoms with Gasteiger partial charge in [-0.05, 0) is 48.7 Å². The van der Waals surface area contributed by atoms with E-state index in [9.17, 15) is 9.59 Å². The summed E-state index contributed by atoms with van der Waals surface area (Å²) in [4.78, 5) is 35.0. The van der Waals surface area contributed by atoms with Crippen LogP contribution in [0.5, 0.6) is 0 Å². The van der Waals surface area contributed by atoms with Gasteiger partial charge < -0.3 is 21.8 Å². The molecular weight excluding hydrogens is 478 g/mol. The van der Waals surface area contributed by atoms with Gasteiger partial charge in [0.15, 0.2) is 0 Å². The maximum absolute atomic E-state index is 13.3. The van der Waals surface area contributed by atoms with Gasteiger partial charge in [0.05, 0.1) is 35.2 Å². The Hall–Kier alpha value is -3.98. The number of hydrogen-bond donors (Lipinski definition) is 4. The van der Waals surface area contributed by atoms with Crippen LogP contribution in [0.2, 0.25) is 5.02 Å². The van der Waals surface area contributed by atoms with E-state index in [-0.39, 0.29) is 23.4 Å². The zero-order chi connectivity index (χ0) is 25.8. The van der Waals surface area contributed by atoms with E-state index >= 15 is 0 Å². The quantitative estimate of drug-likeness (QED) is 0.315. The van der Waals surface area contributed by atoms with E-state index in [0.717, 1.165) is 11.8 Å². The number of allylic oxidation sites excluding steroid dienone is 1. The van der Waals surface area contributed by atoms with Crippen molar-refractivity contribution in [1.82, 2.24) is 25.2 Å². The van der Waals surface area contributed by atoms with Crippen LogP contribution in [0, 0.1) is 11.3 Å². The molecule has 2 unspecified atom stereocenters. The summed E-state index contributed by atoms with van der Waals surface area (Å²) in [5, 5.41) is 14.2. The standard InChI is InChI=1S/C26H28ClN7O2/c1-15-4-3-5-23(16-8-9-31-21(10-16)25(30-2)22(13-28)33-26(15)36)34-14-32-20(12-24(34)35)18-11-17(27)6-7-19(18)29/h6-15,23,28,30H,3-5,29H2,1-2H3,(H,33,36)/b25-22+,28-13?. The van der Waals surface area contributed by atoms with E-state index in [2.05, 4.69) is 20.6 Å². The minimum absolute atomic E-state index is 0.170. The van der Waals surface area contributed by atoms with Crippen LogP contribution in [0.15, 0.2) is 59.4 Å². The van der Waals surface area contributed by atoms with Gasteiger partial charge in [-0.1, -0.05) is 24.9 Å². The third-order valence-electron chi connectivity index (χ3n) is 6.37. The number of halogens is 1. The Kier molecular flexibility index (Phi) is 7.49. The second-order valence-corrected chi connectivity index (χ2v) is 9.18. The highest BCUT2D eigenvalue weighted by atomic mass is 35.5. The number of benzene rings is 1. The lowest BCUT2D eigenvalue weighted by atomic mass is 9.95. The number of anilines is 1. The Morgan fingerprint density at radius 3 is 2.69 bits per heavy atom. The van der Waals surface area contributed by atoms with E-state index in [1.165, 1.54) is 12.4 Å². The number of nitrogens with zero attached hydrogens (tertiary/aromatic N) is 3. The molecule has 3 heterocycles. The molecule has 0 fully saturated rings. The van der Waals surface area contributed by atoms with Crippen molar-refractivity contribution in [2.45, 2.75) is 32.2 Å². The molecule has 9 nitrogen and oxygen atoms in total. The second kappa shape index (κ2) is 10.7. The lowest BCUT2D eigenvalue weighted by Crippen LogP contribution is -2.32. The maximum Gasteiger partial charge on any atom is 0.254 e. The average molecular weight is 506 g/mol. The number of fused-ring (bicyclic) bond motifs is 2. The first kappa shape index (κ1) is 25.1. The number of rotatable bonds is 4. The van der Waals surface area contributed by atoms with Crippen LogP contribution in [0.4, 0.5) is 5.69 Å². The summed E-state index contributed by atoms with van der Waals surface area (Å²) in [5.41, 5.74) is 9.66. The summed E-state index contributed by atoms with van der Waals surface area (Å²) in [6.07, 6.45) is 6.24. The Balaban J connectivity index is 1.82. The highest BCUT2D eigenvalue weighted by molar-refractivity contribution is 6.31. The van der Waals surface area contributed by atoms with Crippen molar-refractivity contribution < 1.29 is 4.79 Å². The van der Waals surface area contributed by atoms with E-state index in [1.807, 2.05) is 19.1 Å². The normalized spacial score (nSPS) is 20.6. The molecule has 36 heavy (non-hydrogen) atoms. The first-order valence-electron chi connectivity index (χ1n) is 11.7. The zero-order valence-corrected chi connectivity index (χ0v) is 20.8. The Labute approximate surface area is 213 Å². The van der Waals surface area contributed by atoms with Gasteiger partial charge in [0.25, 0.3) is 5.56 Å². The largest absolute Gasteiger partial charge is 0.398 e. The number of nitrogens with two attached hydrogens (primary N) is 1. The van der Waals surface area contributed by atoms with Gasteiger partial charge in [0, 0.05) is 47.7 Å². The molecule has 0 saturated carbocycles. The summed E-state index contributed by atoms with van der Waals surface area (Å²) in [7, 11) is 1.71. The Morgan fingerprint density at radius 2 is 1.97 bits per heavy atom. The number of carbonyl (C=O) groups is 1. The highest BCUT2D eigenvalue weighted by Crippen LogP contribution is 2.29. The zero-order valence-electron chi connectivity index (χ0n) is 20.1. The predicted molar refractivity (Wildman–Crippen MR) is 142 cm³/mol. The minimum atomic E-state index is -0.325. The van der Waals surface area contributed by atoms with Gasteiger partial charge in [-0.2, -0.15) is 0 Å². The van der Waals surface area contributed by atoms with Crippen LogP contribution < -0.4 is 21.9 Å². The van der Waals surface area contributed by atoms with Crippen molar-refractivity contribution in [2.75, 3.05) is 12.8 Å². The predicted octanol–water partition coefficient (Wildman–Crippen LogP) is 3.60. The highest BCUT2D eigenvalue weighted by Gasteiger charge is 2.22. The molecule has 3 aromatic rings. The number of nitrogens with one attached hydrogen (secondary N) is 3. The molecule has 5 N–H and O–H groups in total. The van der Waals surface area contributed by atoms with Crippen LogP contribution in [-0.4, -0.2) is 33.7 Å². The van der Waals surface area contributed by atoms with Crippen LogP contribution in [0.3, 0.4) is 0 Å². The van der Waals surface area contributed by atoms with E-state index in [4.69, 9.17) is 22.7 Å². The fourth-order valence-corrected chi connectivity index (χ4v) is 4.55. The number of pyridine rings is 1. The van der Waals surface area contributed by atoms with Crippen molar-refractivity contribution in [3.05, 3.63) is 81.3 Å². The molecule has 0 radical (unpaired) electrons. The topological polar surface area (TPSA) is 139 Å². The van der Waals surface area contributed by atoms with E-state index in [0.29, 0.717) is 58.3 Å². The summed E-state index contributed by atoms with van der Waals surface area (Å²) in [6.45, 7) is 1.85. The second-order valence-electron chi connectivity index (χ2n) is 8.75. The first-order chi connectivity index (χ1) is 17.3. The SMILES string of the molecule is CN/C1=C(\C=N)NC(=O)C(C)CCCC(n2cnc(-c3cc(Cl)ccc3N)cc2=O)c2ccnc1c2. The number of amides is 1. The van der Waals surface area contributed by atoms with Crippen LogP contribution in [-0.2, 0) is 4.79 Å². The number of nitrogen functional groups attached to an aromatic ring is 1. The summed E-state index contributed by atoms with van der Waals surface area (Å²) >= 11 is 6.13. The third kappa shape index (κ3) is 5.16. The fraction of sp³-hybridized carbons (Fsp3) is 0.269. The van der Waals surface area contributed by atoms with Crippen LogP contribution in [0.1, 0.15) is 43.5 Å². The molecule has 0 spiro atoms. The third-order valence-corrected chi connectivity index (χ3v) is 6.61. The molecule has 1 aromatic carbocycles. The molecule has 10 heteroatoms. The maximum atomic E-state index is 13.3. The molecule has 2 bridgehead atoms. The van der Waals surface area contributed by atoms with E-state index in [1.54, 1.807) is 36.0 Å². The lowest BCUT2D eigenvalue weighted by molar-refractivity contribution is -0.123. The molecule has 0 aliphatic carbocycles.